The van der Waals surface area contributed by atoms with E-state index in [2.05, 4.69) is 11.0 Å². The van der Waals surface area contributed by atoms with E-state index in [-0.39, 0.29) is 5.91 Å². The van der Waals surface area contributed by atoms with Crippen LogP contribution in [0.15, 0.2) is 47.8 Å². The second kappa shape index (κ2) is 7.14. The summed E-state index contributed by atoms with van der Waals surface area (Å²) < 4.78 is 0. The Hall–Kier alpha value is -2.91. The van der Waals surface area contributed by atoms with Gasteiger partial charge in [0.25, 0.3) is 0 Å². The highest BCUT2D eigenvalue weighted by molar-refractivity contribution is 7.10. The molecule has 4 rings (SSSR count). The summed E-state index contributed by atoms with van der Waals surface area (Å²) in [5.41, 5.74) is 1.47. The number of carbonyl (C=O) groups is 1. The van der Waals surface area contributed by atoms with Crippen molar-refractivity contribution < 1.29 is 4.79 Å². The molecule has 5 nitrogen and oxygen atoms in total. The van der Waals surface area contributed by atoms with Crippen molar-refractivity contribution >= 4 is 34.0 Å². The van der Waals surface area contributed by atoms with E-state index in [9.17, 15) is 10.1 Å². The zero-order valence-electron chi connectivity index (χ0n) is 14.3. The molecule has 26 heavy (non-hydrogen) atoms. The van der Waals surface area contributed by atoms with Crippen molar-refractivity contribution in [1.29, 1.82) is 5.26 Å². The molecule has 0 N–H and O–H groups in total. The van der Waals surface area contributed by atoms with Crippen LogP contribution in [-0.2, 0) is 11.2 Å². The molecule has 1 aromatic carbocycles. The Morgan fingerprint density at radius 3 is 2.69 bits per heavy atom. The quantitative estimate of drug-likeness (QED) is 0.718. The molecule has 130 valence electrons. The molecule has 0 spiro atoms. The van der Waals surface area contributed by atoms with Crippen LogP contribution in [0.5, 0.6) is 0 Å². The minimum absolute atomic E-state index is 0.166. The average molecular weight is 362 g/mol. The lowest BCUT2D eigenvalue weighted by Crippen LogP contribution is -2.49. The van der Waals surface area contributed by atoms with Gasteiger partial charge >= 0.3 is 0 Å². The van der Waals surface area contributed by atoms with Crippen molar-refractivity contribution in [2.75, 3.05) is 31.1 Å². The Balaban J connectivity index is 1.48. The van der Waals surface area contributed by atoms with Crippen LogP contribution < -0.4 is 4.90 Å². The molecule has 1 amide bonds. The van der Waals surface area contributed by atoms with E-state index in [4.69, 9.17) is 4.98 Å². The fourth-order valence-corrected chi connectivity index (χ4v) is 3.97. The number of fused-ring (bicyclic) bond motifs is 1. The molecule has 1 saturated heterocycles. The number of para-hydroxylation sites is 1. The van der Waals surface area contributed by atoms with Gasteiger partial charge in [-0.1, -0.05) is 24.3 Å². The van der Waals surface area contributed by atoms with Gasteiger partial charge in [-0.2, -0.15) is 5.26 Å². The summed E-state index contributed by atoms with van der Waals surface area (Å²) in [7, 11) is 0. The van der Waals surface area contributed by atoms with Crippen LogP contribution >= 0.6 is 11.3 Å². The van der Waals surface area contributed by atoms with E-state index < -0.39 is 0 Å². The predicted molar refractivity (Wildman–Crippen MR) is 103 cm³/mol. The third-order valence-electron chi connectivity index (χ3n) is 4.66. The minimum Gasteiger partial charge on any atom is -0.352 e. The maximum atomic E-state index is 12.5. The summed E-state index contributed by atoms with van der Waals surface area (Å²) in [6.07, 6.45) is 0.468. The summed E-state index contributed by atoms with van der Waals surface area (Å²) in [5.74, 6) is 0.885. The fourth-order valence-electron chi connectivity index (χ4n) is 3.27. The van der Waals surface area contributed by atoms with Gasteiger partial charge < -0.3 is 9.80 Å². The van der Waals surface area contributed by atoms with Crippen molar-refractivity contribution in [3.05, 3.63) is 58.3 Å². The highest BCUT2D eigenvalue weighted by Crippen LogP contribution is 2.24. The third-order valence-corrected chi connectivity index (χ3v) is 5.54. The lowest BCUT2D eigenvalue weighted by molar-refractivity contribution is -0.130. The van der Waals surface area contributed by atoms with E-state index in [1.807, 2.05) is 52.7 Å². The number of hydrogen-bond acceptors (Lipinski definition) is 5. The van der Waals surface area contributed by atoms with Gasteiger partial charge in [0.15, 0.2) is 0 Å². The summed E-state index contributed by atoms with van der Waals surface area (Å²) in [4.78, 5) is 22.3. The molecule has 3 heterocycles. The molecular formula is C20H18N4OS. The number of pyridine rings is 1. The molecular weight excluding hydrogens is 344 g/mol. The van der Waals surface area contributed by atoms with Gasteiger partial charge in [-0.05, 0) is 23.6 Å². The van der Waals surface area contributed by atoms with Gasteiger partial charge in [-0.3, -0.25) is 4.79 Å². The monoisotopic (exact) mass is 362 g/mol. The van der Waals surface area contributed by atoms with Gasteiger partial charge in [0.2, 0.25) is 5.91 Å². The van der Waals surface area contributed by atoms with E-state index >= 15 is 0 Å². The van der Waals surface area contributed by atoms with Crippen LogP contribution in [0.3, 0.4) is 0 Å². The van der Waals surface area contributed by atoms with E-state index in [0.29, 0.717) is 38.2 Å². The Labute approximate surface area is 156 Å². The first-order chi connectivity index (χ1) is 12.7. The predicted octanol–water partition coefficient (Wildman–Crippen LogP) is 3.06. The van der Waals surface area contributed by atoms with Crippen molar-refractivity contribution in [3.63, 3.8) is 0 Å². The molecule has 0 aliphatic carbocycles. The number of nitrogens with zero attached hydrogens (tertiary/aromatic N) is 4. The highest BCUT2D eigenvalue weighted by atomic mass is 32.1. The first-order valence-corrected chi connectivity index (χ1v) is 9.47. The Bertz CT molecular complexity index is 969. The van der Waals surface area contributed by atoms with Crippen LogP contribution in [-0.4, -0.2) is 42.0 Å². The highest BCUT2D eigenvalue weighted by Gasteiger charge is 2.24. The summed E-state index contributed by atoms with van der Waals surface area (Å²) in [5, 5.41) is 12.5. The first kappa shape index (κ1) is 16.6. The zero-order chi connectivity index (χ0) is 17.9. The standard InChI is InChI=1S/C20H18N4OS/c21-14-16-12-15-4-1-2-6-18(15)22-20(16)24-9-7-23(8-10-24)19(25)13-17-5-3-11-26-17/h1-6,11-12H,7-10,13H2. The van der Waals surface area contributed by atoms with Crippen LogP contribution in [0.2, 0.25) is 0 Å². The van der Waals surface area contributed by atoms with E-state index in [1.165, 1.54) is 0 Å². The number of amides is 1. The number of aromatic nitrogens is 1. The number of thiophene rings is 1. The van der Waals surface area contributed by atoms with Gasteiger partial charge in [0, 0.05) is 36.4 Å². The lowest BCUT2D eigenvalue weighted by atomic mass is 10.1. The van der Waals surface area contributed by atoms with Crippen molar-refractivity contribution in [2.45, 2.75) is 6.42 Å². The summed E-state index contributed by atoms with van der Waals surface area (Å²) in [6.45, 7) is 2.69. The fraction of sp³-hybridized carbons (Fsp3) is 0.250. The van der Waals surface area contributed by atoms with Crippen LogP contribution in [0.1, 0.15) is 10.4 Å². The van der Waals surface area contributed by atoms with Crippen molar-refractivity contribution in [3.8, 4) is 6.07 Å². The molecule has 0 radical (unpaired) electrons. The van der Waals surface area contributed by atoms with Gasteiger partial charge in [-0.15, -0.1) is 11.3 Å². The molecule has 1 aliphatic rings. The maximum Gasteiger partial charge on any atom is 0.227 e. The first-order valence-electron chi connectivity index (χ1n) is 8.59. The number of carbonyl (C=O) groups excluding carboxylic acids is 1. The Morgan fingerprint density at radius 1 is 1.15 bits per heavy atom. The number of piperazine rings is 1. The Morgan fingerprint density at radius 2 is 1.96 bits per heavy atom. The molecule has 2 aromatic heterocycles. The minimum atomic E-state index is 0.166. The molecule has 0 atom stereocenters. The zero-order valence-corrected chi connectivity index (χ0v) is 15.1. The number of benzene rings is 1. The molecule has 0 bridgehead atoms. The third kappa shape index (κ3) is 3.26. The second-order valence-electron chi connectivity index (χ2n) is 6.29. The van der Waals surface area contributed by atoms with Crippen molar-refractivity contribution in [2.24, 2.45) is 0 Å². The van der Waals surface area contributed by atoms with Crippen LogP contribution in [0.25, 0.3) is 10.9 Å². The molecule has 3 aromatic rings. The second-order valence-corrected chi connectivity index (χ2v) is 7.32. The summed E-state index contributed by atoms with van der Waals surface area (Å²) >= 11 is 1.61. The van der Waals surface area contributed by atoms with Gasteiger partial charge in [0.05, 0.1) is 17.5 Å². The number of nitriles is 1. The molecule has 6 heteroatoms. The Kier molecular flexibility index (Phi) is 4.55. The maximum absolute atomic E-state index is 12.5. The van der Waals surface area contributed by atoms with Crippen LogP contribution in [0.4, 0.5) is 5.82 Å². The van der Waals surface area contributed by atoms with Gasteiger partial charge in [0.1, 0.15) is 11.9 Å². The largest absolute Gasteiger partial charge is 0.352 e. The smallest absolute Gasteiger partial charge is 0.227 e. The number of hydrogen-bond donors (Lipinski definition) is 0. The topological polar surface area (TPSA) is 60.2 Å². The van der Waals surface area contributed by atoms with Crippen LogP contribution in [0, 0.1) is 11.3 Å². The number of anilines is 1. The van der Waals surface area contributed by atoms with E-state index in [0.717, 1.165) is 21.6 Å². The summed E-state index contributed by atoms with van der Waals surface area (Å²) in [6, 6.07) is 16.0. The normalized spacial score (nSPS) is 14.4. The lowest BCUT2D eigenvalue weighted by Gasteiger charge is -2.35. The molecule has 1 aliphatic heterocycles. The SMILES string of the molecule is N#Cc1cc2ccccc2nc1N1CCN(C(=O)Cc2cccs2)CC1. The molecule has 0 unspecified atom stereocenters. The average Bonchev–Trinajstić information content (AvgIpc) is 3.20. The number of rotatable bonds is 3. The molecule has 0 saturated carbocycles. The van der Waals surface area contributed by atoms with E-state index in [1.54, 1.807) is 11.3 Å². The molecule has 1 fully saturated rings. The van der Waals surface area contributed by atoms with Gasteiger partial charge in [-0.25, -0.2) is 4.98 Å². The van der Waals surface area contributed by atoms with Crippen molar-refractivity contribution in [1.82, 2.24) is 9.88 Å².